The van der Waals surface area contributed by atoms with Gasteiger partial charge in [0.2, 0.25) is 5.91 Å². The molecule has 1 amide bonds. The van der Waals surface area contributed by atoms with Crippen LogP contribution < -0.4 is 10.6 Å². The number of hydrogen-bond donors (Lipinski definition) is 2. The van der Waals surface area contributed by atoms with Gasteiger partial charge in [-0.15, -0.1) is 11.3 Å². The number of likely N-dealkylation sites (tertiary alicyclic amines) is 1. The number of hydrogen-bond acceptors (Lipinski definition) is 4. The van der Waals surface area contributed by atoms with Gasteiger partial charge in [-0.05, 0) is 36.6 Å². The van der Waals surface area contributed by atoms with Crippen molar-refractivity contribution in [3.8, 4) is 0 Å². The number of amides is 1. The minimum Gasteiger partial charge on any atom is -0.352 e. The Morgan fingerprint density at radius 2 is 2.15 bits per heavy atom. The first-order valence-corrected chi connectivity index (χ1v) is 11.0. The summed E-state index contributed by atoms with van der Waals surface area (Å²) in [7, 11) is 3.53. The quantitative estimate of drug-likeness (QED) is 0.552. The molecular weight excluding hydrogens is 358 g/mol. The summed E-state index contributed by atoms with van der Waals surface area (Å²) < 4.78 is 0. The second-order valence-corrected chi connectivity index (χ2v) is 8.96. The molecule has 1 aliphatic heterocycles. The Labute approximate surface area is 167 Å². The van der Waals surface area contributed by atoms with Crippen molar-refractivity contribution < 1.29 is 4.79 Å². The molecule has 0 aromatic carbocycles. The molecule has 7 heteroatoms. The molecular formula is C20H33N5OS. The van der Waals surface area contributed by atoms with Crippen molar-refractivity contribution >= 4 is 23.2 Å². The zero-order valence-corrected chi connectivity index (χ0v) is 17.4. The second kappa shape index (κ2) is 10.1. The molecule has 2 aliphatic rings. The third-order valence-corrected chi connectivity index (χ3v) is 6.36. The van der Waals surface area contributed by atoms with E-state index in [-0.39, 0.29) is 12.5 Å². The van der Waals surface area contributed by atoms with Gasteiger partial charge in [-0.3, -0.25) is 4.79 Å². The summed E-state index contributed by atoms with van der Waals surface area (Å²) in [5, 5.41) is 9.03. The van der Waals surface area contributed by atoms with E-state index in [9.17, 15) is 4.79 Å². The number of guanidine groups is 1. The van der Waals surface area contributed by atoms with Crippen LogP contribution in [0, 0.1) is 5.92 Å². The van der Waals surface area contributed by atoms with Gasteiger partial charge < -0.3 is 20.4 Å². The fourth-order valence-corrected chi connectivity index (χ4v) is 4.54. The molecule has 3 rings (SSSR count). The van der Waals surface area contributed by atoms with Crippen molar-refractivity contribution in [2.75, 3.05) is 40.3 Å². The van der Waals surface area contributed by atoms with Crippen LogP contribution >= 0.6 is 11.3 Å². The molecule has 2 heterocycles. The number of nitrogens with one attached hydrogen (secondary N) is 2. The minimum absolute atomic E-state index is 0.0153. The lowest BCUT2D eigenvalue weighted by molar-refractivity contribution is -0.127. The minimum atomic E-state index is 0.0153. The lowest BCUT2D eigenvalue weighted by atomic mass is 10.1. The molecule has 0 bridgehead atoms. The maximum atomic E-state index is 11.9. The van der Waals surface area contributed by atoms with Crippen LogP contribution in [-0.2, 0) is 11.3 Å². The number of carbonyl (C=O) groups excluding carboxylic acids is 1. The van der Waals surface area contributed by atoms with Gasteiger partial charge in [0, 0.05) is 44.6 Å². The van der Waals surface area contributed by atoms with Crippen LogP contribution in [0.15, 0.2) is 22.5 Å². The summed E-state index contributed by atoms with van der Waals surface area (Å²) >= 11 is 1.73. The first kappa shape index (κ1) is 20.1. The molecule has 27 heavy (non-hydrogen) atoms. The summed E-state index contributed by atoms with van der Waals surface area (Å²) in [6.07, 6.45) is 6.74. The number of carbonyl (C=O) groups is 1. The van der Waals surface area contributed by atoms with Gasteiger partial charge in [-0.2, -0.15) is 0 Å². The predicted molar refractivity (Wildman–Crippen MR) is 112 cm³/mol. The Bertz CT molecular complexity index is 610. The van der Waals surface area contributed by atoms with E-state index in [2.05, 4.69) is 38.0 Å². The van der Waals surface area contributed by atoms with Crippen LogP contribution in [0.25, 0.3) is 0 Å². The van der Waals surface area contributed by atoms with E-state index in [4.69, 9.17) is 0 Å². The number of thiophene rings is 1. The highest BCUT2D eigenvalue weighted by atomic mass is 32.1. The van der Waals surface area contributed by atoms with E-state index < -0.39 is 0 Å². The number of likely N-dealkylation sites (N-methyl/N-ethyl adjacent to an activating group) is 1. The van der Waals surface area contributed by atoms with E-state index in [1.54, 1.807) is 30.3 Å². The van der Waals surface area contributed by atoms with Crippen molar-refractivity contribution in [3.05, 3.63) is 22.4 Å². The zero-order valence-electron chi connectivity index (χ0n) is 16.6. The smallest absolute Gasteiger partial charge is 0.243 e. The highest BCUT2D eigenvalue weighted by Crippen LogP contribution is 2.26. The van der Waals surface area contributed by atoms with Gasteiger partial charge in [0.05, 0.1) is 6.54 Å². The van der Waals surface area contributed by atoms with Crippen LogP contribution in [0.2, 0.25) is 0 Å². The third-order valence-electron chi connectivity index (χ3n) is 5.49. The average Bonchev–Trinajstić information content (AvgIpc) is 3.40. The topological polar surface area (TPSA) is 60.0 Å². The largest absolute Gasteiger partial charge is 0.352 e. The Morgan fingerprint density at radius 3 is 2.85 bits per heavy atom. The maximum Gasteiger partial charge on any atom is 0.243 e. The molecule has 1 saturated heterocycles. The standard InChI is InChI=1S/C20H33N5OS/c1-24(2)19(26)13-22-20(21-12-18-8-5-11-27-18)23-17-9-10-25(15-17)14-16-6-3-4-7-16/h5,8,11,16-17H,3-4,6-7,9-10,12-15H2,1-2H3,(H2,21,22,23). The van der Waals surface area contributed by atoms with E-state index in [1.807, 2.05) is 0 Å². The van der Waals surface area contributed by atoms with E-state index in [0.29, 0.717) is 6.04 Å². The first-order chi connectivity index (χ1) is 13.1. The molecule has 1 atom stereocenters. The number of rotatable bonds is 7. The SMILES string of the molecule is CN(C)C(=O)CN=C(NCc1cccs1)NC1CCN(CC2CCCC2)C1. The first-order valence-electron chi connectivity index (χ1n) is 10.1. The normalized spacial score (nSPS) is 21.6. The number of nitrogens with zero attached hydrogens (tertiary/aromatic N) is 3. The number of aliphatic imine (C=N–C) groups is 1. The van der Waals surface area contributed by atoms with Crippen molar-refractivity contribution in [2.45, 2.75) is 44.7 Å². The lowest BCUT2D eigenvalue weighted by Gasteiger charge is -2.21. The Balaban J connectivity index is 1.51. The molecule has 1 aromatic rings. The third kappa shape index (κ3) is 6.50. The average molecular weight is 392 g/mol. The van der Waals surface area contributed by atoms with Gasteiger partial charge in [-0.1, -0.05) is 18.9 Å². The van der Waals surface area contributed by atoms with Crippen molar-refractivity contribution in [3.63, 3.8) is 0 Å². The molecule has 1 aliphatic carbocycles. The molecule has 1 saturated carbocycles. The van der Waals surface area contributed by atoms with Gasteiger partial charge in [0.25, 0.3) is 0 Å². The highest BCUT2D eigenvalue weighted by molar-refractivity contribution is 7.09. The fourth-order valence-electron chi connectivity index (χ4n) is 3.89. The maximum absolute atomic E-state index is 11.9. The van der Waals surface area contributed by atoms with Gasteiger partial charge >= 0.3 is 0 Å². The van der Waals surface area contributed by atoms with E-state index >= 15 is 0 Å². The van der Waals surface area contributed by atoms with Crippen LogP contribution in [0.1, 0.15) is 37.0 Å². The molecule has 6 nitrogen and oxygen atoms in total. The van der Waals surface area contributed by atoms with Crippen molar-refractivity contribution in [1.82, 2.24) is 20.4 Å². The van der Waals surface area contributed by atoms with Crippen LogP contribution in [0.5, 0.6) is 0 Å². The van der Waals surface area contributed by atoms with Crippen LogP contribution in [-0.4, -0.2) is 68.0 Å². The van der Waals surface area contributed by atoms with E-state index in [0.717, 1.165) is 37.9 Å². The Hall–Kier alpha value is -1.60. The van der Waals surface area contributed by atoms with Crippen molar-refractivity contribution in [1.29, 1.82) is 0 Å². The second-order valence-electron chi connectivity index (χ2n) is 7.93. The summed E-state index contributed by atoms with van der Waals surface area (Å²) in [4.78, 5) is 21.9. The predicted octanol–water partition coefficient (Wildman–Crippen LogP) is 2.14. The van der Waals surface area contributed by atoms with Crippen molar-refractivity contribution in [2.24, 2.45) is 10.9 Å². The van der Waals surface area contributed by atoms with Crippen LogP contribution in [0.4, 0.5) is 0 Å². The van der Waals surface area contributed by atoms with Gasteiger partial charge in [0.15, 0.2) is 5.96 Å². The summed E-state index contributed by atoms with van der Waals surface area (Å²) in [6, 6.07) is 4.56. The van der Waals surface area contributed by atoms with Gasteiger partial charge in [-0.25, -0.2) is 4.99 Å². The monoisotopic (exact) mass is 391 g/mol. The Morgan fingerprint density at radius 1 is 1.33 bits per heavy atom. The zero-order chi connectivity index (χ0) is 19.1. The summed E-state index contributed by atoms with van der Waals surface area (Å²) in [6.45, 7) is 4.37. The summed E-state index contributed by atoms with van der Waals surface area (Å²) in [5.74, 6) is 1.65. The molecule has 1 unspecified atom stereocenters. The van der Waals surface area contributed by atoms with E-state index in [1.165, 1.54) is 37.1 Å². The molecule has 150 valence electrons. The molecule has 0 spiro atoms. The Kier molecular flexibility index (Phi) is 7.52. The molecule has 2 fully saturated rings. The lowest BCUT2D eigenvalue weighted by Crippen LogP contribution is -2.45. The van der Waals surface area contributed by atoms with Crippen LogP contribution in [0.3, 0.4) is 0 Å². The molecule has 0 radical (unpaired) electrons. The fraction of sp³-hybridized carbons (Fsp3) is 0.700. The molecule has 1 aromatic heterocycles. The highest BCUT2D eigenvalue weighted by Gasteiger charge is 2.26. The summed E-state index contributed by atoms with van der Waals surface area (Å²) in [5.41, 5.74) is 0. The van der Waals surface area contributed by atoms with Gasteiger partial charge in [0.1, 0.15) is 6.54 Å². The molecule has 2 N–H and O–H groups in total.